The van der Waals surface area contributed by atoms with Crippen LogP contribution in [0.3, 0.4) is 0 Å². The molecule has 0 fully saturated rings. The predicted molar refractivity (Wildman–Crippen MR) is 67.3 cm³/mol. The summed E-state index contributed by atoms with van der Waals surface area (Å²) >= 11 is 0. The first-order valence-electron chi connectivity index (χ1n) is 6.30. The Hall–Kier alpha value is -0.960. The average molecular weight is 221 g/mol. The van der Waals surface area contributed by atoms with Gasteiger partial charge in [0.25, 0.3) is 0 Å². The molecule has 0 aliphatic carbocycles. The second-order valence-electron chi connectivity index (χ2n) is 4.18. The van der Waals surface area contributed by atoms with Gasteiger partial charge in [0.1, 0.15) is 5.82 Å². The van der Waals surface area contributed by atoms with Gasteiger partial charge >= 0.3 is 0 Å². The molecule has 1 aromatic rings. The van der Waals surface area contributed by atoms with Crippen molar-refractivity contribution in [2.75, 3.05) is 6.54 Å². The van der Waals surface area contributed by atoms with E-state index in [0.717, 1.165) is 30.9 Å². The van der Waals surface area contributed by atoms with E-state index in [0.29, 0.717) is 6.04 Å². The van der Waals surface area contributed by atoms with Crippen LogP contribution in [0.1, 0.15) is 57.1 Å². The SMILES string of the molecule is CCCCC(NCCC)c1ccnc(C)n1. The molecule has 1 rings (SSSR count). The van der Waals surface area contributed by atoms with Gasteiger partial charge in [0.15, 0.2) is 0 Å². The molecule has 90 valence electrons. The van der Waals surface area contributed by atoms with E-state index in [1.54, 1.807) is 0 Å². The second-order valence-corrected chi connectivity index (χ2v) is 4.18. The number of hydrogen-bond donors (Lipinski definition) is 1. The number of nitrogens with zero attached hydrogens (tertiary/aromatic N) is 2. The molecule has 3 nitrogen and oxygen atoms in total. The maximum atomic E-state index is 4.51. The lowest BCUT2D eigenvalue weighted by Gasteiger charge is -2.17. The lowest BCUT2D eigenvalue weighted by atomic mass is 10.1. The highest BCUT2D eigenvalue weighted by Crippen LogP contribution is 2.17. The number of nitrogens with one attached hydrogen (secondary N) is 1. The fourth-order valence-electron chi connectivity index (χ4n) is 1.75. The summed E-state index contributed by atoms with van der Waals surface area (Å²) in [6, 6.07) is 2.41. The molecule has 0 saturated carbocycles. The summed E-state index contributed by atoms with van der Waals surface area (Å²) in [6.45, 7) is 7.41. The van der Waals surface area contributed by atoms with E-state index < -0.39 is 0 Å². The van der Waals surface area contributed by atoms with Crippen molar-refractivity contribution in [1.82, 2.24) is 15.3 Å². The Morgan fingerprint density at radius 3 is 2.75 bits per heavy atom. The van der Waals surface area contributed by atoms with E-state index in [9.17, 15) is 0 Å². The standard InChI is InChI=1S/C13H23N3/c1-4-6-7-12(15-9-5-2)13-8-10-14-11(3)16-13/h8,10,12,15H,4-7,9H2,1-3H3. The van der Waals surface area contributed by atoms with Crippen LogP contribution in [-0.2, 0) is 0 Å². The molecule has 0 bridgehead atoms. The molecule has 1 N–H and O–H groups in total. The molecule has 0 aliphatic rings. The van der Waals surface area contributed by atoms with Crippen LogP contribution in [0.15, 0.2) is 12.3 Å². The molecule has 3 heteroatoms. The maximum Gasteiger partial charge on any atom is 0.125 e. The van der Waals surface area contributed by atoms with Gasteiger partial charge in [-0.15, -0.1) is 0 Å². The fourth-order valence-corrected chi connectivity index (χ4v) is 1.75. The molecule has 1 atom stereocenters. The molecular weight excluding hydrogens is 198 g/mol. The number of unbranched alkanes of at least 4 members (excludes halogenated alkanes) is 1. The van der Waals surface area contributed by atoms with Gasteiger partial charge in [-0.1, -0.05) is 26.7 Å². The van der Waals surface area contributed by atoms with Crippen molar-refractivity contribution in [2.45, 2.75) is 52.5 Å². The predicted octanol–water partition coefficient (Wildman–Crippen LogP) is 3.02. The smallest absolute Gasteiger partial charge is 0.125 e. The molecule has 0 spiro atoms. The quantitative estimate of drug-likeness (QED) is 0.769. The minimum atomic E-state index is 0.390. The summed E-state index contributed by atoms with van der Waals surface area (Å²) in [6.07, 6.45) is 6.64. The summed E-state index contributed by atoms with van der Waals surface area (Å²) in [5.41, 5.74) is 1.13. The summed E-state index contributed by atoms with van der Waals surface area (Å²) in [7, 11) is 0. The van der Waals surface area contributed by atoms with Gasteiger partial charge in [-0.3, -0.25) is 0 Å². The molecule has 0 aromatic carbocycles. The summed E-state index contributed by atoms with van der Waals surface area (Å²) in [4.78, 5) is 8.65. The normalized spacial score (nSPS) is 12.7. The summed E-state index contributed by atoms with van der Waals surface area (Å²) < 4.78 is 0. The van der Waals surface area contributed by atoms with Gasteiger partial charge in [0.2, 0.25) is 0 Å². The first-order valence-corrected chi connectivity index (χ1v) is 6.30. The van der Waals surface area contributed by atoms with Crippen LogP contribution in [0.2, 0.25) is 0 Å². The zero-order valence-electron chi connectivity index (χ0n) is 10.7. The molecule has 16 heavy (non-hydrogen) atoms. The van der Waals surface area contributed by atoms with E-state index >= 15 is 0 Å². The highest BCUT2D eigenvalue weighted by atomic mass is 15.0. The second kappa shape index (κ2) is 7.34. The van der Waals surface area contributed by atoms with Crippen LogP contribution in [0.4, 0.5) is 0 Å². The van der Waals surface area contributed by atoms with Crippen molar-refractivity contribution in [2.24, 2.45) is 0 Å². The zero-order valence-corrected chi connectivity index (χ0v) is 10.7. The summed E-state index contributed by atoms with van der Waals surface area (Å²) in [5.74, 6) is 0.859. The van der Waals surface area contributed by atoms with Crippen molar-refractivity contribution >= 4 is 0 Å². The van der Waals surface area contributed by atoms with Crippen LogP contribution in [0.5, 0.6) is 0 Å². The van der Waals surface area contributed by atoms with Crippen LogP contribution in [0, 0.1) is 6.92 Å². The minimum absolute atomic E-state index is 0.390. The van der Waals surface area contributed by atoms with Crippen molar-refractivity contribution in [1.29, 1.82) is 0 Å². The molecule has 1 unspecified atom stereocenters. The summed E-state index contributed by atoms with van der Waals surface area (Å²) in [5, 5.41) is 3.56. The highest BCUT2D eigenvalue weighted by molar-refractivity contribution is 5.07. The number of hydrogen-bond acceptors (Lipinski definition) is 3. The Morgan fingerprint density at radius 2 is 2.12 bits per heavy atom. The van der Waals surface area contributed by atoms with E-state index in [1.165, 1.54) is 12.8 Å². The van der Waals surface area contributed by atoms with Gasteiger partial charge in [-0.2, -0.15) is 0 Å². The van der Waals surface area contributed by atoms with E-state index in [-0.39, 0.29) is 0 Å². The van der Waals surface area contributed by atoms with Crippen molar-refractivity contribution in [3.8, 4) is 0 Å². The highest BCUT2D eigenvalue weighted by Gasteiger charge is 2.11. The van der Waals surface area contributed by atoms with Gasteiger partial charge in [0, 0.05) is 12.2 Å². The van der Waals surface area contributed by atoms with Gasteiger partial charge in [-0.25, -0.2) is 9.97 Å². The lowest BCUT2D eigenvalue weighted by molar-refractivity contribution is 0.470. The minimum Gasteiger partial charge on any atom is -0.309 e. The monoisotopic (exact) mass is 221 g/mol. The van der Waals surface area contributed by atoms with Crippen LogP contribution < -0.4 is 5.32 Å². The Morgan fingerprint density at radius 1 is 1.31 bits per heavy atom. The zero-order chi connectivity index (χ0) is 11.8. The van der Waals surface area contributed by atoms with Crippen LogP contribution in [0.25, 0.3) is 0 Å². The molecular formula is C13H23N3. The lowest BCUT2D eigenvalue weighted by Crippen LogP contribution is -2.23. The van der Waals surface area contributed by atoms with Gasteiger partial charge in [-0.05, 0) is 32.4 Å². The Kier molecular flexibility index (Phi) is 6.01. The number of aryl methyl sites for hydroxylation is 1. The average Bonchev–Trinajstić information content (AvgIpc) is 2.29. The maximum absolute atomic E-state index is 4.51. The van der Waals surface area contributed by atoms with Gasteiger partial charge in [0.05, 0.1) is 5.69 Å². The first kappa shape index (κ1) is 13.1. The number of aromatic nitrogens is 2. The third kappa shape index (κ3) is 4.27. The molecule has 0 aliphatic heterocycles. The van der Waals surface area contributed by atoms with Crippen LogP contribution >= 0.6 is 0 Å². The topological polar surface area (TPSA) is 37.8 Å². The van der Waals surface area contributed by atoms with Gasteiger partial charge < -0.3 is 5.32 Å². The third-order valence-corrected chi connectivity index (χ3v) is 2.64. The van der Waals surface area contributed by atoms with E-state index in [2.05, 4.69) is 29.1 Å². The van der Waals surface area contributed by atoms with E-state index in [1.807, 2.05) is 19.2 Å². The van der Waals surface area contributed by atoms with Crippen LogP contribution in [-0.4, -0.2) is 16.5 Å². The Bertz CT molecular complexity index is 291. The van der Waals surface area contributed by atoms with Crippen molar-refractivity contribution in [3.05, 3.63) is 23.8 Å². The molecule has 0 saturated heterocycles. The molecule has 1 heterocycles. The fraction of sp³-hybridized carbons (Fsp3) is 0.692. The molecule has 1 aromatic heterocycles. The van der Waals surface area contributed by atoms with Crippen molar-refractivity contribution < 1.29 is 0 Å². The Labute approximate surface area is 98.7 Å². The third-order valence-electron chi connectivity index (χ3n) is 2.64. The Balaban J connectivity index is 2.66. The molecule has 0 radical (unpaired) electrons. The first-order chi connectivity index (χ1) is 7.77. The largest absolute Gasteiger partial charge is 0.309 e. The van der Waals surface area contributed by atoms with Crippen molar-refractivity contribution in [3.63, 3.8) is 0 Å². The van der Waals surface area contributed by atoms with E-state index in [4.69, 9.17) is 0 Å². The number of rotatable bonds is 7. The molecule has 0 amide bonds.